The Bertz CT molecular complexity index is 1140. The van der Waals surface area contributed by atoms with Gasteiger partial charge in [0.15, 0.2) is 5.76 Å². The highest BCUT2D eigenvalue weighted by atomic mass is 16.5. The molecule has 0 aliphatic carbocycles. The molecule has 144 valence electrons. The number of rotatable bonds is 4. The molecule has 1 aliphatic rings. The van der Waals surface area contributed by atoms with Crippen LogP contribution < -0.4 is 4.74 Å². The molecular weight excluding hydrogens is 368 g/mol. The minimum Gasteiger partial charge on any atom is -0.472 e. The summed E-state index contributed by atoms with van der Waals surface area (Å²) >= 11 is 0. The van der Waals surface area contributed by atoms with E-state index in [1.165, 1.54) is 6.33 Å². The molecule has 7 heteroatoms. The normalized spacial score (nSPS) is 16.3. The van der Waals surface area contributed by atoms with E-state index in [0.29, 0.717) is 30.3 Å². The van der Waals surface area contributed by atoms with Crippen LogP contribution in [0.25, 0.3) is 22.2 Å². The van der Waals surface area contributed by atoms with E-state index in [1.54, 1.807) is 18.3 Å². The topological polar surface area (TPSA) is 81.4 Å². The lowest BCUT2D eigenvalue weighted by molar-refractivity contribution is 0.0771. The Morgan fingerprint density at radius 1 is 1.14 bits per heavy atom. The maximum atomic E-state index is 13.1. The Balaban J connectivity index is 1.36. The van der Waals surface area contributed by atoms with Gasteiger partial charge in [-0.3, -0.25) is 4.79 Å². The first-order valence-electron chi connectivity index (χ1n) is 9.45. The van der Waals surface area contributed by atoms with E-state index in [0.717, 1.165) is 22.9 Å². The second-order valence-corrected chi connectivity index (χ2v) is 6.94. The predicted molar refractivity (Wildman–Crippen MR) is 106 cm³/mol. The zero-order chi connectivity index (χ0) is 19.6. The van der Waals surface area contributed by atoms with Crippen LogP contribution in [-0.2, 0) is 0 Å². The Morgan fingerprint density at radius 2 is 2.03 bits per heavy atom. The molecule has 2 aromatic heterocycles. The number of benzene rings is 2. The van der Waals surface area contributed by atoms with Crippen LogP contribution in [0, 0.1) is 0 Å². The van der Waals surface area contributed by atoms with Gasteiger partial charge in [0.25, 0.3) is 5.91 Å². The van der Waals surface area contributed by atoms with Gasteiger partial charge in [0.2, 0.25) is 5.88 Å². The molecule has 1 fully saturated rings. The summed E-state index contributed by atoms with van der Waals surface area (Å²) < 4.78 is 11.4. The lowest BCUT2D eigenvalue weighted by atomic mass is 10.1. The average Bonchev–Trinajstić information content (AvgIpc) is 3.41. The third kappa shape index (κ3) is 3.42. The number of ether oxygens (including phenoxy) is 1. The molecule has 1 atom stereocenters. The summed E-state index contributed by atoms with van der Waals surface area (Å²) in [6, 6.07) is 17.0. The van der Waals surface area contributed by atoms with Crippen LogP contribution in [-0.4, -0.2) is 45.1 Å². The fourth-order valence-corrected chi connectivity index (χ4v) is 3.58. The summed E-state index contributed by atoms with van der Waals surface area (Å²) in [5.41, 5.74) is 2.27. The van der Waals surface area contributed by atoms with E-state index in [4.69, 9.17) is 9.26 Å². The zero-order valence-electron chi connectivity index (χ0n) is 15.6. The average molecular weight is 386 g/mol. The molecule has 29 heavy (non-hydrogen) atoms. The van der Waals surface area contributed by atoms with Crippen LogP contribution in [0.15, 0.2) is 71.6 Å². The third-order valence-electron chi connectivity index (χ3n) is 5.03. The van der Waals surface area contributed by atoms with E-state index >= 15 is 0 Å². The number of aromatic nitrogens is 3. The van der Waals surface area contributed by atoms with Gasteiger partial charge < -0.3 is 14.2 Å². The molecule has 1 aliphatic heterocycles. The van der Waals surface area contributed by atoms with Crippen LogP contribution in [0.4, 0.5) is 0 Å². The molecule has 2 aromatic carbocycles. The molecule has 7 nitrogen and oxygen atoms in total. The maximum Gasteiger partial charge on any atom is 0.254 e. The van der Waals surface area contributed by atoms with Gasteiger partial charge in [-0.2, -0.15) is 0 Å². The smallest absolute Gasteiger partial charge is 0.254 e. The summed E-state index contributed by atoms with van der Waals surface area (Å²) in [7, 11) is 0. The number of hydrogen-bond donors (Lipinski definition) is 0. The number of nitrogens with zero attached hydrogens (tertiary/aromatic N) is 4. The van der Waals surface area contributed by atoms with Gasteiger partial charge in [0.05, 0.1) is 11.9 Å². The molecule has 5 rings (SSSR count). The second kappa shape index (κ2) is 7.35. The van der Waals surface area contributed by atoms with Crippen molar-refractivity contribution in [3.05, 3.63) is 72.7 Å². The minimum atomic E-state index is -0.0759. The molecule has 4 aromatic rings. The van der Waals surface area contributed by atoms with Crippen molar-refractivity contribution >= 4 is 16.8 Å². The highest BCUT2D eigenvalue weighted by Crippen LogP contribution is 2.30. The summed E-state index contributed by atoms with van der Waals surface area (Å²) in [4.78, 5) is 22.8. The first kappa shape index (κ1) is 17.4. The van der Waals surface area contributed by atoms with Crippen molar-refractivity contribution in [3.8, 4) is 17.2 Å². The minimum absolute atomic E-state index is 0.0269. The Kier molecular flexibility index (Phi) is 4.40. The van der Waals surface area contributed by atoms with Gasteiger partial charge in [-0.1, -0.05) is 35.5 Å². The number of amides is 1. The molecule has 0 bridgehead atoms. The lowest BCUT2D eigenvalue weighted by Crippen LogP contribution is -2.31. The quantitative estimate of drug-likeness (QED) is 0.533. The maximum absolute atomic E-state index is 13.1. The molecular formula is C22H18N4O3. The molecule has 0 unspecified atom stereocenters. The van der Waals surface area contributed by atoms with Gasteiger partial charge in [-0.15, -0.1) is 0 Å². The van der Waals surface area contributed by atoms with Gasteiger partial charge >= 0.3 is 0 Å². The first-order chi connectivity index (χ1) is 14.3. The van der Waals surface area contributed by atoms with Crippen molar-refractivity contribution in [2.45, 2.75) is 12.5 Å². The van der Waals surface area contributed by atoms with Gasteiger partial charge in [0.1, 0.15) is 17.9 Å². The molecule has 1 saturated heterocycles. The Labute approximate surface area is 166 Å². The Hall–Kier alpha value is -3.74. The van der Waals surface area contributed by atoms with Crippen LogP contribution in [0.5, 0.6) is 5.88 Å². The number of carbonyl (C=O) groups is 1. The van der Waals surface area contributed by atoms with Crippen LogP contribution in [0.1, 0.15) is 16.8 Å². The van der Waals surface area contributed by atoms with E-state index in [9.17, 15) is 4.79 Å². The molecule has 1 amide bonds. The van der Waals surface area contributed by atoms with Gasteiger partial charge in [0, 0.05) is 36.4 Å². The van der Waals surface area contributed by atoms with E-state index < -0.39 is 0 Å². The fourth-order valence-electron chi connectivity index (χ4n) is 3.58. The van der Waals surface area contributed by atoms with Crippen molar-refractivity contribution in [2.75, 3.05) is 13.1 Å². The SMILES string of the molecule is O=C(c1ccc2noc(-c3ccccc3)c2c1)N1CC[C@H](Oc2ccncn2)C1. The highest BCUT2D eigenvalue weighted by molar-refractivity contribution is 6.01. The number of carbonyl (C=O) groups excluding carboxylic acids is 1. The van der Waals surface area contributed by atoms with Crippen molar-refractivity contribution < 1.29 is 14.1 Å². The van der Waals surface area contributed by atoms with Crippen molar-refractivity contribution in [2.24, 2.45) is 0 Å². The largest absolute Gasteiger partial charge is 0.472 e. The fraction of sp³-hybridized carbons (Fsp3) is 0.182. The number of likely N-dealkylation sites (tertiary alicyclic amines) is 1. The third-order valence-corrected chi connectivity index (χ3v) is 5.03. The van der Waals surface area contributed by atoms with Gasteiger partial charge in [-0.25, -0.2) is 9.97 Å². The Morgan fingerprint density at radius 3 is 2.86 bits per heavy atom. The van der Waals surface area contributed by atoms with Crippen molar-refractivity contribution in [1.82, 2.24) is 20.0 Å². The second-order valence-electron chi connectivity index (χ2n) is 6.94. The van der Waals surface area contributed by atoms with Gasteiger partial charge in [-0.05, 0) is 18.2 Å². The number of hydrogen-bond acceptors (Lipinski definition) is 6. The first-order valence-corrected chi connectivity index (χ1v) is 9.45. The summed E-state index contributed by atoms with van der Waals surface area (Å²) in [6.07, 6.45) is 3.78. The van der Waals surface area contributed by atoms with E-state index in [1.807, 2.05) is 47.4 Å². The summed E-state index contributed by atoms with van der Waals surface area (Å²) in [5.74, 6) is 1.17. The lowest BCUT2D eigenvalue weighted by Gasteiger charge is -2.17. The van der Waals surface area contributed by atoms with E-state index in [-0.39, 0.29) is 12.0 Å². The molecule has 0 saturated carbocycles. The standard InChI is InChI=1S/C22H18N4O3/c27-22(26-11-9-17(13-26)28-20-8-10-23-14-24-20)16-6-7-19-18(12-16)21(29-25-19)15-4-2-1-3-5-15/h1-8,10,12,14,17H,9,11,13H2/t17-/m0/s1. The molecule has 0 radical (unpaired) electrons. The molecule has 0 spiro atoms. The van der Waals surface area contributed by atoms with Crippen LogP contribution >= 0.6 is 0 Å². The predicted octanol–water partition coefficient (Wildman–Crippen LogP) is 3.58. The van der Waals surface area contributed by atoms with Crippen LogP contribution in [0.3, 0.4) is 0 Å². The monoisotopic (exact) mass is 386 g/mol. The summed E-state index contributed by atoms with van der Waals surface area (Å²) in [5, 5.41) is 4.95. The van der Waals surface area contributed by atoms with E-state index in [2.05, 4.69) is 15.1 Å². The van der Waals surface area contributed by atoms with Crippen LogP contribution in [0.2, 0.25) is 0 Å². The highest BCUT2D eigenvalue weighted by Gasteiger charge is 2.29. The summed E-state index contributed by atoms with van der Waals surface area (Å²) in [6.45, 7) is 1.16. The van der Waals surface area contributed by atoms with Crippen molar-refractivity contribution in [1.29, 1.82) is 0 Å². The van der Waals surface area contributed by atoms with Crippen molar-refractivity contribution in [3.63, 3.8) is 0 Å². The molecule has 3 heterocycles. The molecule has 0 N–H and O–H groups in total. The number of fused-ring (bicyclic) bond motifs is 1. The zero-order valence-corrected chi connectivity index (χ0v) is 15.6.